The van der Waals surface area contributed by atoms with Gasteiger partial charge in [-0.1, -0.05) is 84.1 Å². The molecule has 0 rings (SSSR count). The quantitative estimate of drug-likeness (QED) is 0.263. The molecule has 25 heavy (non-hydrogen) atoms. The molecule has 150 valence electrons. The van der Waals surface area contributed by atoms with Crippen LogP contribution in [-0.2, 0) is 9.59 Å². The van der Waals surface area contributed by atoms with Gasteiger partial charge in [-0.3, -0.25) is 9.59 Å². The second kappa shape index (κ2) is 27.5. The maximum atomic E-state index is 10.1. The highest BCUT2D eigenvalue weighted by molar-refractivity contribution is 5.66. The van der Waals surface area contributed by atoms with Gasteiger partial charge in [-0.2, -0.15) is 0 Å². The van der Waals surface area contributed by atoms with Gasteiger partial charge in [0.25, 0.3) is 0 Å². The molecule has 0 aromatic heterocycles. The topological polar surface area (TPSA) is 74.6 Å². The molecule has 0 saturated heterocycles. The molecule has 0 aromatic carbocycles. The third-order valence-corrected chi connectivity index (χ3v) is 3.49. The summed E-state index contributed by atoms with van der Waals surface area (Å²) in [5, 5.41) is 16.6. The zero-order valence-corrected chi connectivity index (χ0v) is 16.9. The molecule has 2 N–H and O–H groups in total. The van der Waals surface area contributed by atoms with E-state index in [0.29, 0.717) is 12.8 Å². The summed E-state index contributed by atoms with van der Waals surface area (Å²) in [6.45, 7) is 9.61. The zero-order valence-electron chi connectivity index (χ0n) is 16.9. The number of unbranched alkanes of at least 4 members (excludes halogenated alkanes) is 10. The molecule has 0 aliphatic carbocycles. The van der Waals surface area contributed by atoms with Gasteiger partial charge in [-0.05, 0) is 19.8 Å². The molecule has 0 fully saturated rings. The molecule has 4 heteroatoms. The average Bonchev–Trinajstić information content (AvgIpc) is 2.55. The molecule has 0 bridgehead atoms. The van der Waals surface area contributed by atoms with Crippen molar-refractivity contribution in [1.29, 1.82) is 0 Å². The molecular formula is C21H42O4. The monoisotopic (exact) mass is 358 g/mol. The van der Waals surface area contributed by atoms with Crippen LogP contribution in [-0.4, -0.2) is 22.2 Å². The maximum absolute atomic E-state index is 10.1. The molecule has 0 amide bonds. The van der Waals surface area contributed by atoms with Crippen molar-refractivity contribution in [2.45, 2.75) is 111 Å². The average molecular weight is 359 g/mol. The largest absolute Gasteiger partial charge is 0.481 e. The lowest BCUT2D eigenvalue weighted by atomic mass is 10.1. The molecule has 0 unspecified atom stereocenters. The summed E-state index contributed by atoms with van der Waals surface area (Å²) >= 11 is 0. The lowest BCUT2D eigenvalue weighted by Gasteiger charge is -1.97. The number of aliphatic carboxylic acids is 2. The van der Waals surface area contributed by atoms with Gasteiger partial charge >= 0.3 is 11.9 Å². The number of hydrogen-bond donors (Lipinski definition) is 2. The van der Waals surface area contributed by atoms with Crippen LogP contribution in [0.3, 0.4) is 0 Å². The van der Waals surface area contributed by atoms with Gasteiger partial charge in [-0.25, -0.2) is 0 Å². The highest BCUT2D eigenvalue weighted by Gasteiger charge is 1.96. The van der Waals surface area contributed by atoms with Crippen molar-refractivity contribution in [3.63, 3.8) is 0 Å². The predicted octanol–water partition coefficient (Wildman–Crippen LogP) is 6.84. The fraction of sp³-hybridized carbons (Fsp3) is 0.810. The Kier molecular flexibility index (Phi) is 31.4. The Morgan fingerprint density at radius 2 is 0.920 bits per heavy atom. The normalized spacial score (nSPS) is 9.24. The fourth-order valence-electron chi connectivity index (χ4n) is 2.11. The van der Waals surface area contributed by atoms with Gasteiger partial charge in [0, 0.05) is 12.8 Å². The third-order valence-electron chi connectivity index (χ3n) is 3.49. The molecule has 0 saturated carbocycles. The minimum absolute atomic E-state index is 0.339. The smallest absolute Gasteiger partial charge is 0.303 e. The van der Waals surface area contributed by atoms with Crippen LogP contribution in [0, 0.1) is 0 Å². The number of carbonyl (C=O) groups is 2. The van der Waals surface area contributed by atoms with Crippen molar-refractivity contribution >= 4 is 11.9 Å². The van der Waals surface area contributed by atoms with Crippen LogP contribution in [0.2, 0.25) is 0 Å². The van der Waals surface area contributed by atoms with Crippen LogP contribution < -0.4 is 0 Å². The molecule has 0 spiro atoms. The number of carboxylic acid groups (broad SMARTS) is 2. The standard InChI is InChI=1S/2C9H18O2.C3H6/c2*1-2-3-4-5-6-7-8-9(10)11;1-3-2/h2*2-8H2,1H3,(H,10,11);3H,1H2,2H3. The van der Waals surface area contributed by atoms with Crippen LogP contribution in [0.5, 0.6) is 0 Å². The van der Waals surface area contributed by atoms with Crippen molar-refractivity contribution in [2.75, 3.05) is 0 Å². The first-order valence-corrected chi connectivity index (χ1v) is 9.96. The molecule has 0 atom stereocenters. The third kappa shape index (κ3) is 45.0. The molecule has 4 nitrogen and oxygen atoms in total. The van der Waals surface area contributed by atoms with Crippen molar-refractivity contribution < 1.29 is 19.8 Å². The van der Waals surface area contributed by atoms with E-state index in [2.05, 4.69) is 20.4 Å². The highest BCUT2D eigenvalue weighted by Crippen LogP contribution is 2.07. The number of rotatable bonds is 14. The molecule has 0 aromatic rings. The molecular weight excluding hydrogens is 316 g/mol. The van der Waals surface area contributed by atoms with E-state index < -0.39 is 11.9 Å². The summed E-state index contributed by atoms with van der Waals surface area (Å²) in [5.74, 6) is -1.33. The number of carboxylic acids is 2. The summed E-state index contributed by atoms with van der Waals surface area (Å²) in [4.78, 5) is 20.2. The van der Waals surface area contributed by atoms with Crippen molar-refractivity contribution in [3.8, 4) is 0 Å². The minimum atomic E-state index is -0.666. The summed E-state index contributed by atoms with van der Waals surface area (Å²) in [6, 6.07) is 0. The van der Waals surface area contributed by atoms with Gasteiger partial charge in [0.15, 0.2) is 0 Å². The molecule has 0 aliphatic heterocycles. The van der Waals surface area contributed by atoms with E-state index in [9.17, 15) is 9.59 Å². The van der Waals surface area contributed by atoms with Crippen LogP contribution in [0.25, 0.3) is 0 Å². The lowest BCUT2D eigenvalue weighted by Crippen LogP contribution is -1.93. The van der Waals surface area contributed by atoms with Crippen LogP contribution in [0.4, 0.5) is 0 Å². The van der Waals surface area contributed by atoms with Gasteiger partial charge in [0.05, 0.1) is 0 Å². The van der Waals surface area contributed by atoms with Crippen LogP contribution in [0.15, 0.2) is 12.7 Å². The minimum Gasteiger partial charge on any atom is -0.481 e. The van der Waals surface area contributed by atoms with Crippen molar-refractivity contribution in [3.05, 3.63) is 12.7 Å². The maximum Gasteiger partial charge on any atom is 0.303 e. The van der Waals surface area contributed by atoms with Gasteiger partial charge in [0.1, 0.15) is 0 Å². The van der Waals surface area contributed by atoms with Crippen LogP contribution >= 0.6 is 0 Å². The fourth-order valence-corrected chi connectivity index (χ4v) is 2.11. The highest BCUT2D eigenvalue weighted by atomic mass is 16.4. The molecule has 0 aliphatic rings. The van der Waals surface area contributed by atoms with E-state index in [1.54, 1.807) is 6.08 Å². The van der Waals surface area contributed by atoms with E-state index in [1.165, 1.54) is 51.4 Å². The summed E-state index contributed by atoms with van der Waals surface area (Å²) in [7, 11) is 0. The summed E-state index contributed by atoms with van der Waals surface area (Å²) in [5.41, 5.74) is 0. The molecule has 0 radical (unpaired) electrons. The van der Waals surface area contributed by atoms with Gasteiger partial charge in [0.2, 0.25) is 0 Å². The van der Waals surface area contributed by atoms with Crippen molar-refractivity contribution in [1.82, 2.24) is 0 Å². The van der Waals surface area contributed by atoms with Gasteiger partial charge < -0.3 is 10.2 Å². The van der Waals surface area contributed by atoms with E-state index in [1.807, 2.05) is 6.92 Å². The zero-order chi connectivity index (χ0) is 19.8. The Morgan fingerprint density at radius 1 is 0.680 bits per heavy atom. The summed E-state index contributed by atoms with van der Waals surface area (Å²) < 4.78 is 0. The number of allylic oxidation sites excluding steroid dienone is 1. The summed E-state index contributed by atoms with van der Waals surface area (Å²) in [6.07, 6.45) is 16.3. The predicted molar refractivity (Wildman–Crippen MR) is 107 cm³/mol. The van der Waals surface area contributed by atoms with E-state index in [-0.39, 0.29) is 0 Å². The Bertz CT molecular complexity index is 262. The Hall–Kier alpha value is -1.32. The van der Waals surface area contributed by atoms with E-state index >= 15 is 0 Å². The second-order valence-corrected chi connectivity index (χ2v) is 6.23. The lowest BCUT2D eigenvalue weighted by molar-refractivity contribution is -0.138. The Balaban J connectivity index is -0.000000334. The second-order valence-electron chi connectivity index (χ2n) is 6.23. The van der Waals surface area contributed by atoms with E-state index in [0.717, 1.165) is 25.7 Å². The first-order valence-electron chi connectivity index (χ1n) is 9.96. The Morgan fingerprint density at radius 3 is 1.16 bits per heavy atom. The van der Waals surface area contributed by atoms with Crippen LogP contribution in [0.1, 0.15) is 111 Å². The van der Waals surface area contributed by atoms with Gasteiger partial charge in [-0.15, -0.1) is 6.58 Å². The Labute approximate surface area is 155 Å². The molecule has 0 heterocycles. The SMILES string of the molecule is C=CC.CCCCCCCCC(=O)O.CCCCCCCCC(=O)O. The first-order chi connectivity index (χ1) is 12.0. The van der Waals surface area contributed by atoms with E-state index in [4.69, 9.17) is 10.2 Å². The number of hydrogen-bond acceptors (Lipinski definition) is 2. The first kappa shape index (κ1) is 28.5. The van der Waals surface area contributed by atoms with Crippen molar-refractivity contribution in [2.24, 2.45) is 0 Å².